The van der Waals surface area contributed by atoms with Crippen LogP contribution < -0.4 is 9.64 Å². The molecule has 2 fully saturated rings. The van der Waals surface area contributed by atoms with Gasteiger partial charge in [-0.2, -0.15) is 5.26 Å². The van der Waals surface area contributed by atoms with E-state index < -0.39 is 23.5 Å². The number of ether oxygens (including phenoxy) is 4. The SMILES string of the molecule is C=C(C#N)[C@H](C1=C(C)[C@]2(OC1)C(=O)N(c1ccc(OC)cc1)[C@H]2[C@H]1COC(C)(C)O1)c1ccc(C)cc1. The summed E-state index contributed by atoms with van der Waals surface area (Å²) in [6.45, 7) is 12.3. The molecule has 7 nitrogen and oxygen atoms in total. The summed E-state index contributed by atoms with van der Waals surface area (Å²) in [6, 6.07) is 17.2. The molecule has 0 N–H and O–H groups in total. The molecule has 3 aliphatic heterocycles. The highest BCUT2D eigenvalue weighted by atomic mass is 16.7. The predicted molar refractivity (Wildman–Crippen MR) is 139 cm³/mol. The number of nitriles is 1. The Balaban J connectivity index is 1.59. The average molecular weight is 501 g/mol. The number of benzene rings is 2. The molecule has 3 aliphatic rings. The Morgan fingerprint density at radius 2 is 1.81 bits per heavy atom. The first-order valence-electron chi connectivity index (χ1n) is 12.4. The van der Waals surface area contributed by atoms with E-state index in [0.717, 1.165) is 28.0 Å². The molecule has 3 heterocycles. The van der Waals surface area contributed by atoms with Crippen molar-refractivity contribution in [3.05, 3.63) is 83.0 Å². The first-order valence-corrected chi connectivity index (χ1v) is 12.4. The molecule has 0 bridgehead atoms. The minimum atomic E-state index is -1.21. The predicted octanol–water partition coefficient (Wildman–Crippen LogP) is 4.82. The van der Waals surface area contributed by atoms with Crippen LogP contribution in [-0.2, 0) is 19.0 Å². The molecule has 192 valence electrons. The molecular formula is C30H32N2O5. The summed E-state index contributed by atoms with van der Waals surface area (Å²) in [7, 11) is 1.61. The zero-order valence-electron chi connectivity index (χ0n) is 21.9. The van der Waals surface area contributed by atoms with E-state index in [0.29, 0.717) is 17.9 Å². The Kier molecular flexibility index (Phi) is 6.23. The Morgan fingerprint density at radius 1 is 1.14 bits per heavy atom. The van der Waals surface area contributed by atoms with Gasteiger partial charge in [-0.25, -0.2) is 0 Å². The maximum atomic E-state index is 14.0. The van der Waals surface area contributed by atoms with Crippen LogP contribution in [0.25, 0.3) is 0 Å². The zero-order chi connectivity index (χ0) is 26.5. The number of carbonyl (C=O) groups excluding carboxylic acids is 1. The second kappa shape index (κ2) is 9.14. The van der Waals surface area contributed by atoms with Gasteiger partial charge in [0.05, 0.1) is 26.4 Å². The van der Waals surface area contributed by atoms with Gasteiger partial charge in [0.25, 0.3) is 5.91 Å². The highest BCUT2D eigenvalue weighted by Gasteiger charge is 2.70. The van der Waals surface area contributed by atoms with E-state index in [1.165, 1.54) is 0 Å². The molecule has 4 atom stereocenters. The van der Waals surface area contributed by atoms with Crippen LogP contribution in [0.5, 0.6) is 5.75 Å². The Hall–Kier alpha value is -3.44. The summed E-state index contributed by atoms with van der Waals surface area (Å²) in [5.41, 5.74) is 3.71. The number of rotatable bonds is 6. The smallest absolute Gasteiger partial charge is 0.266 e. The second-order valence-electron chi connectivity index (χ2n) is 10.3. The minimum absolute atomic E-state index is 0.159. The number of nitrogens with zero attached hydrogens (tertiary/aromatic N) is 2. The van der Waals surface area contributed by atoms with Gasteiger partial charge in [0.2, 0.25) is 0 Å². The molecule has 2 aromatic rings. The summed E-state index contributed by atoms with van der Waals surface area (Å²) in [4.78, 5) is 15.8. The van der Waals surface area contributed by atoms with E-state index in [4.69, 9.17) is 18.9 Å². The fourth-order valence-corrected chi connectivity index (χ4v) is 5.78. The van der Waals surface area contributed by atoms with E-state index in [9.17, 15) is 10.1 Å². The van der Waals surface area contributed by atoms with E-state index in [1.807, 2.05) is 76.2 Å². The third-order valence-corrected chi connectivity index (χ3v) is 7.71. The highest BCUT2D eigenvalue weighted by molar-refractivity contribution is 6.11. The van der Waals surface area contributed by atoms with Crippen LogP contribution in [0, 0.1) is 18.3 Å². The lowest BCUT2D eigenvalue weighted by Crippen LogP contribution is -2.78. The van der Waals surface area contributed by atoms with Crippen molar-refractivity contribution >= 4 is 11.6 Å². The number of anilines is 1. The van der Waals surface area contributed by atoms with Gasteiger partial charge in [0.15, 0.2) is 11.4 Å². The van der Waals surface area contributed by atoms with Crippen molar-refractivity contribution in [2.24, 2.45) is 0 Å². The van der Waals surface area contributed by atoms with Crippen LogP contribution in [0.1, 0.15) is 37.8 Å². The molecule has 0 radical (unpaired) electrons. The molecule has 0 unspecified atom stereocenters. The number of hydrogen-bond acceptors (Lipinski definition) is 6. The normalized spacial score (nSPS) is 27.2. The monoisotopic (exact) mass is 500 g/mol. The lowest BCUT2D eigenvalue weighted by atomic mass is 9.71. The first kappa shape index (κ1) is 25.2. The van der Waals surface area contributed by atoms with E-state index in [-0.39, 0.29) is 18.4 Å². The molecule has 0 saturated carbocycles. The second-order valence-corrected chi connectivity index (χ2v) is 10.3. The van der Waals surface area contributed by atoms with Gasteiger partial charge in [-0.1, -0.05) is 36.4 Å². The largest absolute Gasteiger partial charge is 0.497 e. The number of aryl methyl sites for hydroxylation is 1. The fourth-order valence-electron chi connectivity index (χ4n) is 5.78. The maximum Gasteiger partial charge on any atom is 0.266 e. The van der Waals surface area contributed by atoms with Crippen molar-refractivity contribution < 1.29 is 23.7 Å². The molecule has 2 saturated heterocycles. The molecule has 7 heteroatoms. The van der Waals surface area contributed by atoms with Gasteiger partial charge in [0, 0.05) is 17.2 Å². The maximum absolute atomic E-state index is 14.0. The van der Waals surface area contributed by atoms with E-state index in [1.54, 1.807) is 12.0 Å². The Bertz CT molecular complexity index is 1300. The highest BCUT2D eigenvalue weighted by Crippen LogP contribution is 2.53. The van der Waals surface area contributed by atoms with Crippen molar-refractivity contribution in [3.63, 3.8) is 0 Å². The Morgan fingerprint density at radius 3 is 2.38 bits per heavy atom. The third kappa shape index (κ3) is 3.97. The number of allylic oxidation sites excluding steroid dienone is 1. The molecule has 1 amide bonds. The lowest BCUT2D eigenvalue weighted by molar-refractivity contribution is -0.172. The van der Waals surface area contributed by atoms with Crippen molar-refractivity contribution in [2.45, 2.75) is 57.1 Å². The first-order chi connectivity index (χ1) is 17.6. The average Bonchev–Trinajstić information content (AvgIpc) is 3.43. The summed E-state index contributed by atoms with van der Waals surface area (Å²) >= 11 is 0. The van der Waals surface area contributed by atoms with Crippen LogP contribution in [0.15, 0.2) is 71.8 Å². The van der Waals surface area contributed by atoms with Gasteiger partial charge in [-0.3, -0.25) is 9.69 Å². The minimum Gasteiger partial charge on any atom is -0.497 e. The summed E-state index contributed by atoms with van der Waals surface area (Å²) in [5, 5.41) is 9.80. The summed E-state index contributed by atoms with van der Waals surface area (Å²) in [5.74, 6) is -0.593. The van der Waals surface area contributed by atoms with E-state index >= 15 is 0 Å². The molecule has 5 rings (SSSR count). The molecule has 2 aromatic carbocycles. The number of amides is 1. The Labute approximate surface area is 217 Å². The molecule has 0 aromatic heterocycles. The number of methoxy groups -OCH3 is 1. The van der Waals surface area contributed by atoms with Gasteiger partial charge in [-0.05, 0) is 68.7 Å². The standard InChI is InChI=1S/C30H32N2O5/c1-18-7-9-21(10-8-18)26(19(2)15-31)24-16-36-30(20(24)3)27(25-17-35-29(4,5)37-25)32(28(30)33)22-11-13-23(34-6)14-12-22/h7-14,25-27H,2,16-17H2,1,3-6H3/t25-,26+,27+,30-/m1/s1. The van der Waals surface area contributed by atoms with E-state index in [2.05, 4.69) is 12.6 Å². The van der Waals surface area contributed by atoms with Crippen molar-refractivity contribution in [2.75, 3.05) is 25.2 Å². The molecule has 1 spiro atoms. The topological polar surface area (TPSA) is 81.0 Å². The van der Waals surface area contributed by atoms with Crippen LogP contribution in [0.4, 0.5) is 5.69 Å². The van der Waals surface area contributed by atoms with Gasteiger partial charge in [-0.15, -0.1) is 0 Å². The molecular weight excluding hydrogens is 468 g/mol. The van der Waals surface area contributed by atoms with Crippen molar-refractivity contribution in [1.82, 2.24) is 0 Å². The third-order valence-electron chi connectivity index (χ3n) is 7.71. The number of hydrogen-bond donors (Lipinski definition) is 0. The lowest BCUT2D eigenvalue weighted by Gasteiger charge is -2.55. The van der Waals surface area contributed by atoms with Gasteiger partial charge in [0.1, 0.15) is 17.9 Å². The van der Waals surface area contributed by atoms with Crippen LogP contribution in [-0.4, -0.2) is 49.8 Å². The molecule has 37 heavy (non-hydrogen) atoms. The quantitative estimate of drug-likeness (QED) is 0.321. The van der Waals surface area contributed by atoms with Crippen molar-refractivity contribution in [3.8, 4) is 11.8 Å². The fraction of sp³-hybridized carbons (Fsp3) is 0.400. The number of β-lactam (4-membered cyclic amide) rings is 1. The summed E-state index contributed by atoms with van der Waals surface area (Å²) < 4.78 is 23.9. The zero-order valence-corrected chi connectivity index (χ0v) is 21.9. The van der Waals surface area contributed by atoms with Crippen molar-refractivity contribution in [1.29, 1.82) is 5.26 Å². The van der Waals surface area contributed by atoms with Crippen LogP contribution in [0.3, 0.4) is 0 Å². The van der Waals surface area contributed by atoms with Gasteiger partial charge < -0.3 is 18.9 Å². The van der Waals surface area contributed by atoms with Gasteiger partial charge >= 0.3 is 0 Å². The van der Waals surface area contributed by atoms with Crippen LogP contribution in [0.2, 0.25) is 0 Å². The summed E-state index contributed by atoms with van der Waals surface area (Å²) in [6.07, 6.45) is -0.402. The van der Waals surface area contributed by atoms with Crippen LogP contribution >= 0.6 is 0 Å². The number of carbonyl (C=O) groups is 1. The molecule has 0 aliphatic carbocycles.